The Labute approximate surface area is 80.7 Å². The average Bonchev–Trinajstić information content (AvgIpc) is 2.03. The van der Waals surface area contributed by atoms with Crippen LogP contribution >= 0.6 is 0 Å². The molecule has 0 aliphatic carbocycles. The first-order chi connectivity index (χ1) is 6.03. The molecule has 1 fully saturated rings. The molecule has 0 spiro atoms. The molecule has 1 rings (SSSR count). The van der Waals surface area contributed by atoms with Crippen LogP contribution in [-0.4, -0.2) is 36.6 Å². The Morgan fingerprint density at radius 2 is 2.23 bits per heavy atom. The van der Waals surface area contributed by atoms with Crippen LogP contribution in [0.2, 0.25) is 0 Å². The second-order valence-electron chi connectivity index (χ2n) is 4.48. The van der Waals surface area contributed by atoms with Gasteiger partial charge in [0.05, 0.1) is 6.07 Å². The van der Waals surface area contributed by atoms with E-state index in [0.29, 0.717) is 6.04 Å². The number of likely N-dealkylation sites (tertiary alicyclic amines) is 1. The number of nitrogens with zero attached hydrogens (tertiary/aromatic N) is 2. The molecule has 0 amide bonds. The Kier molecular flexibility index (Phi) is 3.29. The van der Waals surface area contributed by atoms with Crippen LogP contribution in [0.25, 0.3) is 0 Å². The summed E-state index contributed by atoms with van der Waals surface area (Å²) in [6.07, 6.45) is 2.42. The minimum atomic E-state index is -0.386. The lowest BCUT2D eigenvalue weighted by Gasteiger charge is -2.33. The Morgan fingerprint density at radius 3 is 2.77 bits per heavy atom. The zero-order chi connectivity index (χ0) is 9.90. The summed E-state index contributed by atoms with van der Waals surface area (Å²) < 4.78 is 0. The first-order valence-electron chi connectivity index (χ1n) is 4.91. The van der Waals surface area contributed by atoms with Crippen molar-refractivity contribution in [2.24, 2.45) is 0 Å². The van der Waals surface area contributed by atoms with E-state index in [-0.39, 0.29) is 5.54 Å². The van der Waals surface area contributed by atoms with Crippen molar-refractivity contribution in [1.82, 2.24) is 10.2 Å². The Balaban J connectivity index is 2.41. The third kappa shape index (κ3) is 3.33. The molecule has 1 aliphatic rings. The summed E-state index contributed by atoms with van der Waals surface area (Å²) in [5, 5.41) is 12.2. The van der Waals surface area contributed by atoms with Gasteiger partial charge in [0.25, 0.3) is 0 Å². The highest BCUT2D eigenvalue weighted by Gasteiger charge is 2.24. The second kappa shape index (κ2) is 4.08. The smallest absolute Gasteiger partial charge is 0.101 e. The van der Waals surface area contributed by atoms with E-state index in [1.807, 2.05) is 13.8 Å². The van der Waals surface area contributed by atoms with Crippen molar-refractivity contribution in [3.63, 3.8) is 0 Å². The van der Waals surface area contributed by atoms with Crippen LogP contribution in [-0.2, 0) is 0 Å². The van der Waals surface area contributed by atoms with Gasteiger partial charge in [0.1, 0.15) is 5.54 Å². The molecule has 74 valence electrons. The van der Waals surface area contributed by atoms with Crippen LogP contribution in [0.4, 0.5) is 0 Å². The second-order valence-corrected chi connectivity index (χ2v) is 4.48. The summed E-state index contributed by atoms with van der Waals surface area (Å²) in [5.41, 5.74) is -0.386. The van der Waals surface area contributed by atoms with Gasteiger partial charge in [-0.1, -0.05) is 0 Å². The molecule has 0 bridgehead atoms. The number of nitrogens with one attached hydrogen (secondary N) is 1. The number of hydrogen-bond donors (Lipinski definition) is 1. The maximum absolute atomic E-state index is 8.86. The molecule has 0 radical (unpaired) electrons. The largest absolute Gasteiger partial charge is 0.305 e. The number of rotatable bonds is 2. The first-order valence-corrected chi connectivity index (χ1v) is 4.91. The lowest BCUT2D eigenvalue weighted by molar-refractivity contribution is 0.210. The predicted octanol–water partition coefficient (Wildman–Crippen LogP) is 0.972. The maximum Gasteiger partial charge on any atom is 0.101 e. The van der Waals surface area contributed by atoms with Crippen molar-refractivity contribution in [2.75, 3.05) is 20.1 Å². The van der Waals surface area contributed by atoms with Crippen LogP contribution in [0, 0.1) is 11.3 Å². The minimum absolute atomic E-state index is 0.386. The molecule has 0 saturated carbocycles. The highest BCUT2D eigenvalue weighted by Crippen LogP contribution is 2.11. The summed E-state index contributed by atoms with van der Waals surface area (Å²) >= 11 is 0. The van der Waals surface area contributed by atoms with E-state index < -0.39 is 0 Å². The fourth-order valence-electron chi connectivity index (χ4n) is 1.83. The van der Waals surface area contributed by atoms with Gasteiger partial charge in [-0.2, -0.15) is 5.26 Å². The van der Waals surface area contributed by atoms with Crippen LogP contribution in [0.1, 0.15) is 26.7 Å². The zero-order valence-electron chi connectivity index (χ0n) is 8.80. The zero-order valence-corrected chi connectivity index (χ0v) is 8.80. The molecule has 0 aromatic rings. The molecule has 3 heteroatoms. The fraction of sp³-hybridized carbons (Fsp3) is 0.900. The summed E-state index contributed by atoms with van der Waals surface area (Å²) in [5.74, 6) is 0. The predicted molar refractivity (Wildman–Crippen MR) is 53.3 cm³/mol. The third-order valence-electron chi connectivity index (χ3n) is 2.47. The lowest BCUT2D eigenvalue weighted by atomic mass is 10.0. The van der Waals surface area contributed by atoms with Crippen molar-refractivity contribution in [3.05, 3.63) is 0 Å². The van der Waals surface area contributed by atoms with E-state index in [4.69, 9.17) is 5.26 Å². The molecule has 1 atom stereocenters. The van der Waals surface area contributed by atoms with Crippen molar-refractivity contribution in [3.8, 4) is 6.07 Å². The van der Waals surface area contributed by atoms with Gasteiger partial charge in [0.2, 0.25) is 0 Å². The summed E-state index contributed by atoms with van der Waals surface area (Å²) in [6.45, 7) is 6.11. The van der Waals surface area contributed by atoms with Crippen molar-refractivity contribution < 1.29 is 0 Å². The Hall–Kier alpha value is -0.590. The van der Waals surface area contributed by atoms with E-state index in [1.165, 1.54) is 19.4 Å². The highest BCUT2D eigenvalue weighted by atomic mass is 15.1. The maximum atomic E-state index is 8.86. The highest BCUT2D eigenvalue weighted by molar-refractivity contribution is 5.02. The summed E-state index contributed by atoms with van der Waals surface area (Å²) in [4.78, 5) is 2.31. The molecule has 3 nitrogen and oxygen atoms in total. The molecule has 1 N–H and O–H groups in total. The molecule has 13 heavy (non-hydrogen) atoms. The van der Waals surface area contributed by atoms with E-state index in [1.54, 1.807) is 0 Å². The van der Waals surface area contributed by atoms with Gasteiger partial charge < -0.3 is 4.90 Å². The Morgan fingerprint density at radius 1 is 1.54 bits per heavy atom. The third-order valence-corrected chi connectivity index (χ3v) is 2.47. The molecule has 1 heterocycles. The van der Waals surface area contributed by atoms with Crippen molar-refractivity contribution in [1.29, 1.82) is 5.26 Å². The summed E-state index contributed by atoms with van der Waals surface area (Å²) in [6, 6.07) is 2.75. The normalized spacial score (nSPS) is 25.5. The molecule has 1 saturated heterocycles. The van der Waals surface area contributed by atoms with E-state index >= 15 is 0 Å². The topological polar surface area (TPSA) is 39.1 Å². The quantitative estimate of drug-likeness (QED) is 0.690. The standard InChI is InChI=1S/C10H19N3/c1-10(2,8-11)12-9-5-4-6-13(3)7-9/h9,12H,4-7H2,1-3H3. The first kappa shape index (κ1) is 10.5. The molecule has 0 aromatic carbocycles. The van der Waals surface area contributed by atoms with E-state index in [2.05, 4.69) is 23.3 Å². The minimum Gasteiger partial charge on any atom is -0.305 e. The van der Waals surface area contributed by atoms with Crippen LogP contribution in [0.3, 0.4) is 0 Å². The van der Waals surface area contributed by atoms with E-state index in [0.717, 1.165) is 6.54 Å². The Bertz CT molecular complexity index is 205. The van der Waals surface area contributed by atoms with Gasteiger partial charge in [-0.3, -0.25) is 5.32 Å². The number of likely N-dealkylation sites (N-methyl/N-ethyl adjacent to an activating group) is 1. The molecule has 1 unspecified atom stereocenters. The number of piperidine rings is 1. The van der Waals surface area contributed by atoms with Gasteiger partial charge in [-0.25, -0.2) is 0 Å². The molecule has 0 aromatic heterocycles. The van der Waals surface area contributed by atoms with Crippen molar-refractivity contribution >= 4 is 0 Å². The van der Waals surface area contributed by atoms with Crippen LogP contribution in [0.5, 0.6) is 0 Å². The molecule has 1 aliphatic heterocycles. The lowest BCUT2D eigenvalue weighted by Crippen LogP contribution is -2.51. The number of hydrogen-bond acceptors (Lipinski definition) is 3. The van der Waals surface area contributed by atoms with Crippen LogP contribution < -0.4 is 5.32 Å². The summed E-state index contributed by atoms with van der Waals surface area (Å²) in [7, 11) is 2.13. The van der Waals surface area contributed by atoms with E-state index in [9.17, 15) is 0 Å². The van der Waals surface area contributed by atoms with Crippen molar-refractivity contribution in [2.45, 2.75) is 38.3 Å². The molecular formula is C10H19N3. The van der Waals surface area contributed by atoms with Gasteiger partial charge in [0, 0.05) is 12.6 Å². The van der Waals surface area contributed by atoms with Gasteiger partial charge in [-0.05, 0) is 40.3 Å². The average molecular weight is 181 g/mol. The van der Waals surface area contributed by atoms with Gasteiger partial charge >= 0.3 is 0 Å². The van der Waals surface area contributed by atoms with Crippen LogP contribution in [0.15, 0.2) is 0 Å². The monoisotopic (exact) mass is 181 g/mol. The SMILES string of the molecule is CN1CCCC(NC(C)(C)C#N)C1. The fourth-order valence-corrected chi connectivity index (χ4v) is 1.83. The van der Waals surface area contributed by atoms with Gasteiger partial charge in [0.15, 0.2) is 0 Å². The number of nitriles is 1. The molecular weight excluding hydrogens is 162 g/mol. The van der Waals surface area contributed by atoms with Gasteiger partial charge in [-0.15, -0.1) is 0 Å².